The molecule has 74 valence electrons. The van der Waals surface area contributed by atoms with Gasteiger partial charge in [-0.15, -0.1) is 0 Å². The van der Waals surface area contributed by atoms with E-state index in [9.17, 15) is 0 Å². The summed E-state index contributed by atoms with van der Waals surface area (Å²) in [5.74, 6) is 6.19. The van der Waals surface area contributed by atoms with Crippen molar-refractivity contribution < 1.29 is 5.11 Å². The van der Waals surface area contributed by atoms with Crippen molar-refractivity contribution >= 4 is 5.82 Å². The van der Waals surface area contributed by atoms with Crippen LogP contribution in [-0.4, -0.2) is 35.3 Å². The second-order valence-electron chi connectivity index (χ2n) is 3.10. The molecule has 0 unspecified atom stereocenters. The second-order valence-corrected chi connectivity index (χ2v) is 3.10. The van der Waals surface area contributed by atoms with Gasteiger partial charge in [-0.1, -0.05) is 5.92 Å². The van der Waals surface area contributed by atoms with Crippen LogP contribution in [0, 0.1) is 11.8 Å². The van der Waals surface area contributed by atoms with Gasteiger partial charge >= 0.3 is 0 Å². The lowest BCUT2D eigenvalue weighted by atomic mass is 10.3. The topological polar surface area (TPSA) is 49.2 Å². The number of anilines is 1. The van der Waals surface area contributed by atoms with Crippen molar-refractivity contribution in [1.82, 2.24) is 9.97 Å². The smallest absolute Gasteiger partial charge is 0.132 e. The Kier molecular flexibility index (Phi) is 3.43. The fourth-order valence-corrected chi connectivity index (χ4v) is 0.838. The third kappa shape index (κ3) is 3.04. The van der Waals surface area contributed by atoms with Gasteiger partial charge in [-0.2, -0.15) is 0 Å². The highest BCUT2D eigenvalue weighted by atomic mass is 16.3. The fraction of sp³-hybridized carbons (Fsp3) is 0.400. The highest BCUT2D eigenvalue weighted by Crippen LogP contribution is 2.05. The molecule has 0 aliphatic heterocycles. The van der Waals surface area contributed by atoms with Crippen molar-refractivity contribution in [3.8, 4) is 11.8 Å². The maximum absolute atomic E-state index is 8.96. The highest BCUT2D eigenvalue weighted by Gasteiger charge is 1.97. The molecule has 14 heavy (non-hydrogen) atoms. The minimum Gasteiger partial charge on any atom is -0.381 e. The summed E-state index contributed by atoms with van der Waals surface area (Å²) in [5.41, 5.74) is 0.615. The fourth-order valence-electron chi connectivity index (χ4n) is 0.838. The normalized spacial score (nSPS) is 11.4. The molecule has 1 heterocycles. The van der Waals surface area contributed by atoms with Gasteiger partial charge in [-0.25, -0.2) is 9.97 Å². The molecule has 1 N–H and O–H groups in total. The number of rotatable bonds is 1. The van der Waals surface area contributed by atoms with Gasteiger partial charge in [0.2, 0.25) is 0 Å². The molecule has 0 aromatic carbocycles. The molecule has 1 atom stereocenters. The van der Waals surface area contributed by atoms with E-state index in [-0.39, 0.29) is 0 Å². The largest absolute Gasteiger partial charge is 0.381 e. The van der Waals surface area contributed by atoms with E-state index in [0.29, 0.717) is 5.69 Å². The number of aromatic nitrogens is 2. The summed E-state index contributed by atoms with van der Waals surface area (Å²) in [6, 6.07) is 1.77. The predicted octanol–water partition coefficient (Wildman–Crippen LogP) is 0.275. The Balaban J connectivity index is 2.91. The predicted molar refractivity (Wildman–Crippen MR) is 54.9 cm³/mol. The van der Waals surface area contributed by atoms with Crippen LogP contribution in [0.1, 0.15) is 12.6 Å². The lowest BCUT2D eigenvalue weighted by molar-refractivity contribution is 0.253. The van der Waals surface area contributed by atoms with Crippen LogP contribution in [0.4, 0.5) is 5.82 Å². The van der Waals surface area contributed by atoms with Crippen LogP contribution in [0.2, 0.25) is 0 Å². The SMILES string of the molecule is C[C@@H](O)C#Cc1cc(N(C)C)ncn1. The van der Waals surface area contributed by atoms with Gasteiger partial charge < -0.3 is 10.0 Å². The summed E-state index contributed by atoms with van der Waals surface area (Å²) < 4.78 is 0. The number of aliphatic hydroxyl groups is 1. The van der Waals surface area contributed by atoms with E-state index < -0.39 is 6.10 Å². The highest BCUT2D eigenvalue weighted by molar-refractivity contribution is 5.42. The Bertz CT molecular complexity index is 363. The average Bonchev–Trinajstić information content (AvgIpc) is 2.15. The third-order valence-corrected chi connectivity index (χ3v) is 1.52. The standard InChI is InChI=1S/C10H13N3O/c1-8(14)4-5-9-6-10(13(2)3)12-7-11-9/h6-8,14H,1-3H3/t8-/m1/s1. The zero-order valence-electron chi connectivity index (χ0n) is 8.52. The minimum absolute atomic E-state index is 0.615. The summed E-state index contributed by atoms with van der Waals surface area (Å²) in [6.45, 7) is 1.61. The van der Waals surface area contributed by atoms with Crippen LogP contribution in [0.5, 0.6) is 0 Å². The number of hydrogen-bond donors (Lipinski definition) is 1. The van der Waals surface area contributed by atoms with Crippen molar-refractivity contribution in [3.63, 3.8) is 0 Å². The molecule has 0 fully saturated rings. The molecule has 0 amide bonds. The maximum atomic E-state index is 8.96. The first-order chi connectivity index (χ1) is 6.59. The van der Waals surface area contributed by atoms with Gasteiger partial charge in [0.05, 0.1) is 0 Å². The summed E-state index contributed by atoms with van der Waals surface area (Å²) in [5, 5.41) is 8.96. The van der Waals surface area contributed by atoms with Gasteiger partial charge in [0.15, 0.2) is 0 Å². The van der Waals surface area contributed by atoms with Crippen molar-refractivity contribution in [2.45, 2.75) is 13.0 Å². The van der Waals surface area contributed by atoms with E-state index in [1.807, 2.05) is 19.0 Å². The minimum atomic E-state index is -0.632. The lowest BCUT2D eigenvalue weighted by Crippen LogP contribution is -2.10. The molecule has 1 aromatic heterocycles. The van der Waals surface area contributed by atoms with Crippen LogP contribution in [0.15, 0.2) is 12.4 Å². The van der Waals surface area contributed by atoms with Crippen LogP contribution >= 0.6 is 0 Å². The number of hydrogen-bond acceptors (Lipinski definition) is 4. The van der Waals surface area contributed by atoms with E-state index in [1.165, 1.54) is 6.33 Å². The van der Waals surface area contributed by atoms with Gasteiger partial charge in [-0.05, 0) is 12.8 Å². The first-order valence-corrected chi connectivity index (χ1v) is 4.28. The van der Waals surface area contributed by atoms with Crippen LogP contribution in [0.3, 0.4) is 0 Å². The Morgan fingerprint density at radius 3 is 2.71 bits per heavy atom. The van der Waals surface area contributed by atoms with Gasteiger partial charge in [0.25, 0.3) is 0 Å². The number of nitrogens with zero attached hydrogens (tertiary/aromatic N) is 3. The summed E-state index contributed by atoms with van der Waals surface area (Å²) in [6.07, 6.45) is 0.828. The number of aliphatic hydroxyl groups excluding tert-OH is 1. The van der Waals surface area contributed by atoms with Gasteiger partial charge in [0.1, 0.15) is 23.9 Å². The third-order valence-electron chi connectivity index (χ3n) is 1.52. The van der Waals surface area contributed by atoms with E-state index in [1.54, 1.807) is 13.0 Å². The van der Waals surface area contributed by atoms with Crippen molar-refractivity contribution in [2.75, 3.05) is 19.0 Å². The van der Waals surface area contributed by atoms with Crippen LogP contribution in [-0.2, 0) is 0 Å². The summed E-state index contributed by atoms with van der Waals surface area (Å²) in [7, 11) is 3.79. The molecule has 0 aliphatic rings. The molecule has 4 nitrogen and oxygen atoms in total. The zero-order valence-corrected chi connectivity index (χ0v) is 8.52. The Hall–Kier alpha value is -1.60. The van der Waals surface area contributed by atoms with E-state index in [0.717, 1.165) is 5.82 Å². The quantitative estimate of drug-likeness (QED) is 0.647. The van der Waals surface area contributed by atoms with Crippen LogP contribution in [0.25, 0.3) is 0 Å². The Morgan fingerprint density at radius 1 is 1.43 bits per heavy atom. The van der Waals surface area contributed by atoms with E-state index >= 15 is 0 Å². The van der Waals surface area contributed by atoms with Crippen LogP contribution < -0.4 is 4.90 Å². The molecule has 0 bridgehead atoms. The van der Waals surface area contributed by atoms with Crippen molar-refractivity contribution in [3.05, 3.63) is 18.1 Å². The molecule has 0 spiro atoms. The molecule has 0 saturated heterocycles. The monoisotopic (exact) mass is 191 g/mol. The molecular weight excluding hydrogens is 178 g/mol. The first kappa shape index (κ1) is 10.5. The molecule has 1 aromatic rings. The van der Waals surface area contributed by atoms with E-state index in [2.05, 4.69) is 21.8 Å². The molecule has 0 radical (unpaired) electrons. The molecule has 0 saturated carbocycles. The second kappa shape index (κ2) is 4.58. The lowest BCUT2D eigenvalue weighted by Gasteiger charge is -2.09. The first-order valence-electron chi connectivity index (χ1n) is 4.28. The Morgan fingerprint density at radius 2 is 2.14 bits per heavy atom. The molecule has 4 heteroatoms. The van der Waals surface area contributed by atoms with Crippen molar-refractivity contribution in [2.24, 2.45) is 0 Å². The molecule has 1 rings (SSSR count). The van der Waals surface area contributed by atoms with Gasteiger partial charge in [-0.3, -0.25) is 0 Å². The average molecular weight is 191 g/mol. The Labute approximate surface area is 83.6 Å². The van der Waals surface area contributed by atoms with E-state index in [4.69, 9.17) is 5.11 Å². The molecule has 0 aliphatic carbocycles. The van der Waals surface area contributed by atoms with Gasteiger partial charge in [0, 0.05) is 20.2 Å². The van der Waals surface area contributed by atoms with Crippen molar-refractivity contribution in [1.29, 1.82) is 0 Å². The molecular formula is C10H13N3O. The maximum Gasteiger partial charge on any atom is 0.132 e. The summed E-state index contributed by atoms with van der Waals surface area (Å²) >= 11 is 0. The summed E-state index contributed by atoms with van der Waals surface area (Å²) in [4.78, 5) is 9.89. The zero-order chi connectivity index (χ0) is 10.6.